The van der Waals surface area contributed by atoms with Crippen LogP contribution in [0.25, 0.3) is 0 Å². The van der Waals surface area contributed by atoms with Crippen LogP contribution >= 0.6 is 0 Å². The number of hydrogen-bond donors (Lipinski definition) is 2. The summed E-state index contributed by atoms with van der Waals surface area (Å²) in [5, 5.41) is 17.5. The van der Waals surface area contributed by atoms with Gasteiger partial charge in [0.2, 0.25) is 0 Å². The number of aromatic carboxylic acids is 2. The molecule has 11 heteroatoms. The Hall–Kier alpha value is 0.520. The number of carbonyl (C=O) groups is 4. The van der Waals surface area contributed by atoms with Crippen LogP contribution in [0.2, 0.25) is 0 Å². The van der Waals surface area contributed by atoms with Gasteiger partial charge in [-0.3, -0.25) is 0 Å². The van der Waals surface area contributed by atoms with Gasteiger partial charge < -0.3 is 20.7 Å². The summed E-state index contributed by atoms with van der Waals surface area (Å²) in [7, 11) is 0. The average molecular weight is 410 g/mol. The molecule has 0 amide bonds. The summed E-state index contributed by atoms with van der Waals surface area (Å²) < 4.78 is 4.65. The third-order valence-electron chi connectivity index (χ3n) is 2.92. The fraction of sp³-hybridized carbons (Fsp3) is 0. The zero-order valence-electron chi connectivity index (χ0n) is 19.6. The van der Waals surface area contributed by atoms with E-state index >= 15 is 0 Å². The minimum Gasteiger partial charge on any atom is -1.00 e. The molecule has 2 aromatic carbocycles. The first-order chi connectivity index (χ1) is 10.9. The molecule has 2 N–H and O–H groups in total. The van der Waals surface area contributed by atoms with Gasteiger partial charge in [-0.15, -0.1) is 0 Å². The molecule has 0 aliphatic rings. The van der Waals surface area contributed by atoms with Gasteiger partial charge in [-0.2, -0.15) is 0 Å². The fourth-order valence-corrected chi connectivity index (χ4v) is 1.70. The van der Waals surface area contributed by atoms with Gasteiger partial charge in [0.15, 0.2) is 0 Å². The second-order valence-corrected chi connectivity index (χ2v) is 4.44. The van der Waals surface area contributed by atoms with Gasteiger partial charge in [0.25, 0.3) is 0 Å². The molecule has 0 aliphatic carbocycles. The van der Waals surface area contributed by atoms with Crippen LogP contribution in [0.1, 0.15) is 47.1 Å². The number of esters is 2. The van der Waals surface area contributed by atoms with E-state index in [1.54, 1.807) is 0 Å². The molecule has 0 fully saturated rings. The number of carboxylic acids is 2. The minimum absolute atomic E-state index is 0. The molecule has 0 saturated carbocycles. The molecule has 0 radical (unpaired) electrons. The van der Waals surface area contributed by atoms with Crippen molar-refractivity contribution in [2.24, 2.45) is 0 Å². The minimum atomic E-state index is -1.14. The summed E-state index contributed by atoms with van der Waals surface area (Å²) in [6, 6.07) is 9.77. The first-order valence-corrected chi connectivity index (χ1v) is 6.31. The van der Waals surface area contributed by atoms with Gasteiger partial charge >= 0.3 is 142 Å². The van der Waals surface area contributed by atoms with Crippen LogP contribution in [-0.4, -0.2) is 34.1 Å². The predicted octanol–water partition coefficient (Wildman–Crippen LogP) is -9.45. The summed E-state index contributed by atoms with van der Waals surface area (Å²) in [4.78, 5) is 45.0. The topological polar surface area (TPSA) is 118 Å². The normalized spacial score (nSPS) is 8.44. The molecule has 0 aromatic heterocycles. The first kappa shape index (κ1) is 32.2. The average Bonchev–Trinajstić information content (AvgIpc) is 2.54. The van der Waals surface area contributed by atoms with Crippen molar-refractivity contribution in [3.8, 4) is 0 Å². The van der Waals surface area contributed by atoms with Crippen LogP contribution in [0.15, 0.2) is 48.5 Å². The van der Waals surface area contributed by atoms with E-state index in [0.29, 0.717) is 0 Å². The van der Waals surface area contributed by atoms with Crippen LogP contribution in [0.5, 0.6) is 0 Å². The monoisotopic (exact) mass is 410 g/mol. The fourth-order valence-electron chi connectivity index (χ4n) is 1.70. The molecule has 2 aromatic rings. The SMILES string of the molecule is O=C(O)c1ccc(C(=O)OC(=O)c2ccc(C(=O)O)cc2)cc1.[H-].[H-].[H-].[H-].[Na+].[Na+].[Na+].[Na+]. The number of benzene rings is 2. The summed E-state index contributed by atoms with van der Waals surface area (Å²) in [5.41, 5.74) is 0.0327. The Kier molecular flexibility index (Phi) is 18.3. The third kappa shape index (κ3) is 9.71. The zero-order chi connectivity index (χ0) is 17.0. The Labute approximate surface area is 249 Å². The molecule has 0 heterocycles. The van der Waals surface area contributed by atoms with Gasteiger partial charge in [0.1, 0.15) is 0 Å². The van der Waals surface area contributed by atoms with E-state index in [0.717, 1.165) is 0 Å². The van der Waals surface area contributed by atoms with E-state index in [1.165, 1.54) is 48.5 Å². The van der Waals surface area contributed by atoms with Crippen molar-refractivity contribution in [1.29, 1.82) is 0 Å². The Morgan fingerprint density at radius 3 is 1.00 bits per heavy atom. The summed E-state index contributed by atoms with van der Waals surface area (Å²) in [6.07, 6.45) is 0. The molecule has 0 bridgehead atoms. The summed E-state index contributed by atoms with van der Waals surface area (Å²) >= 11 is 0. The van der Waals surface area contributed by atoms with Gasteiger partial charge in [0.05, 0.1) is 22.3 Å². The predicted molar refractivity (Wildman–Crippen MR) is 81.0 cm³/mol. The maximum absolute atomic E-state index is 11.8. The molecule has 2 rings (SSSR count). The van der Waals surface area contributed by atoms with Crippen molar-refractivity contribution in [2.45, 2.75) is 0 Å². The number of carbonyl (C=O) groups excluding carboxylic acids is 2. The first-order valence-electron chi connectivity index (χ1n) is 6.31. The molecule has 7 nitrogen and oxygen atoms in total. The quantitative estimate of drug-likeness (QED) is 0.292. The van der Waals surface area contributed by atoms with Crippen molar-refractivity contribution in [3.63, 3.8) is 0 Å². The van der Waals surface area contributed by atoms with E-state index in [4.69, 9.17) is 10.2 Å². The Morgan fingerprint density at radius 2 is 0.778 bits per heavy atom. The van der Waals surface area contributed by atoms with Crippen LogP contribution < -0.4 is 118 Å². The van der Waals surface area contributed by atoms with Crippen molar-refractivity contribution >= 4 is 23.9 Å². The number of hydrogen-bond acceptors (Lipinski definition) is 5. The Bertz CT molecular complexity index is 739. The van der Waals surface area contributed by atoms with Crippen LogP contribution in [-0.2, 0) is 4.74 Å². The number of rotatable bonds is 4. The molecule has 0 spiro atoms. The van der Waals surface area contributed by atoms with Gasteiger partial charge in [-0.05, 0) is 48.5 Å². The van der Waals surface area contributed by atoms with E-state index in [2.05, 4.69) is 4.74 Å². The number of carboxylic acid groups (broad SMARTS) is 2. The molecular formula is C16H14Na4O7. The van der Waals surface area contributed by atoms with Crippen molar-refractivity contribution in [2.75, 3.05) is 0 Å². The maximum atomic E-state index is 11.8. The zero-order valence-corrected chi connectivity index (χ0v) is 23.6. The van der Waals surface area contributed by atoms with E-state index in [-0.39, 0.29) is 146 Å². The van der Waals surface area contributed by atoms with Gasteiger partial charge in [-0.25, -0.2) is 19.2 Å². The van der Waals surface area contributed by atoms with E-state index < -0.39 is 23.9 Å². The maximum Gasteiger partial charge on any atom is 1.00 e. The van der Waals surface area contributed by atoms with E-state index in [9.17, 15) is 19.2 Å². The largest absolute Gasteiger partial charge is 1.00 e. The van der Waals surface area contributed by atoms with E-state index in [1.807, 2.05) is 0 Å². The molecular weight excluding hydrogens is 396 g/mol. The van der Waals surface area contributed by atoms with Crippen molar-refractivity contribution in [3.05, 3.63) is 70.8 Å². The van der Waals surface area contributed by atoms with Crippen molar-refractivity contribution < 1.29 is 158 Å². The molecule has 0 aliphatic heterocycles. The summed E-state index contributed by atoms with van der Waals surface area (Å²) in [6.45, 7) is 0. The summed E-state index contributed by atoms with van der Waals surface area (Å²) in [5.74, 6) is -4.15. The third-order valence-corrected chi connectivity index (χ3v) is 2.92. The molecule has 27 heavy (non-hydrogen) atoms. The number of ether oxygens (including phenoxy) is 1. The molecule has 0 saturated heterocycles. The van der Waals surface area contributed by atoms with Crippen LogP contribution in [0.3, 0.4) is 0 Å². The van der Waals surface area contributed by atoms with Gasteiger partial charge in [0, 0.05) is 0 Å². The smallest absolute Gasteiger partial charge is 1.00 e. The molecule has 0 atom stereocenters. The Morgan fingerprint density at radius 1 is 0.556 bits per heavy atom. The second kappa shape index (κ2) is 15.4. The van der Waals surface area contributed by atoms with Crippen molar-refractivity contribution in [1.82, 2.24) is 0 Å². The van der Waals surface area contributed by atoms with Crippen LogP contribution in [0, 0.1) is 0 Å². The standard InChI is InChI=1S/C16H10O7.4Na.4H/c17-13(18)9-1-5-11(6-2-9)15(21)23-16(22)12-7-3-10(4-8-12)14(19)20;;;;;;;;/h1-8H,(H,17,18)(H,19,20);;;;;;;;/q;4*+1;4*-1. The molecule has 124 valence electrons. The second-order valence-electron chi connectivity index (χ2n) is 4.44. The van der Waals surface area contributed by atoms with Crippen LogP contribution in [0.4, 0.5) is 0 Å². The molecule has 0 unspecified atom stereocenters. The van der Waals surface area contributed by atoms with Gasteiger partial charge in [-0.1, -0.05) is 0 Å². The Balaban J connectivity index is -0.000000144.